The zero-order valence-electron chi connectivity index (χ0n) is 9.30. The highest BCUT2D eigenvalue weighted by molar-refractivity contribution is 5.76. The lowest BCUT2D eigenvalue weighted by Gasteiger charge is -2.18. The van der Waals surface area contributed by atoms with Gasteiger partial charge in [-0.3, -0.25) is 14.9 Å². The van der Waals surface area contributed by atoms with Crippen molar-refractivity contribution in [3.63, 3.8) is 0 Å². The largest absolute Gasteiger partial charge is 0.481 e. The van der Waals surface area contributed by atoms with Crippen LogP contribution in [0.3, 0.4) is 0 Å². The van der Waals surface area contributed by atoms with Crippen LogP contribution in [0.1, 0.15) is 20.3 Å². The quantitative estimate of drug-likeness (QED) is 0.453. The van der Waals surface area contributed by atoms with Gasteiger partial charge in [0.15, 0.2) is 0 Å². The van der Waals surface area contributed by atoms with E-state index in [9.17, 15) is 14.7 Å². The number of aliphatic hydroxyl groups is 1. The van der Waals surface area contributed by atoms with E-state index in [2.05, 4.69) is 5.32 Å². The smallest absolute Gasteiger partial charge is 0.323 e. The van der Waals surface area contributed by atoms with Crippen LogP contribution in [0.2, 0.25) is 0 Å². The summed E-state index contributed by atoms with van der Waals surface area (Å²) >= 11 is 0. The molecule has 0 saturated carbocycles. The molecule has 0 aromatic carbocycles. The first-order valence-electron chi connectivity index (χ1n) is 4.84. The van der Waals surface area contributed by atoms with Crippen molar-refractivity contribution in [1.29, 1.82) is 0 Å². The summed E-state index contributed by atoms with van der Waals surface area (Å²) in [5.74, 6) is -2.50. The van der Waals surface area contributed by atoms with E-state index < -0.39 is 30.5 Å². The van der Waals surface area contributed by atoms with Crippen molar-refractivity contribution >= 4 is 11.9 Å². The second-order valence-corrected chi connectivity index (χ2v) is 3.67. The molecule has 2 atom stereocenters. The summed E-state index contributed by atoms with van der Waals surface area (Å²) in [6.45, 7) is 3.98. The fraction of sp³-hybridized carbons (Fsp3) is 0.600. The van der Waals surface area contributed by atoms with E-state index in [1.807, 2.05) is 13.8 Å². The predicted octanol–water partition coefficient (Wildman–Crippen LogP) is -0.169. The molecule has 0 amide bonds. The molecule has 0 aliphatic carbocycles. The Morgan fingerprint density at radius 1 is 1.31 bits per heavy atom. The molecule has 0 unspecified atom stereocenters. The van der Waals surface area contributed by atoms with Gasteiger partial charge < -0.3 is 15.3 Å². The Morgan fingerprint density at radius 2 is 1.88 bits per heavy atom. The lowest BCUT2D eigenvalue weighted by atomic mass is 10.1. The highest BCUT2D eigenvalue weighted by atomic mass is 16.4. The highest BCUT2D eigenvalue weighted by Gasteiger charge is 2.27. The van der Waals surface area contributed by atoms with Crippen LogP contribution >= 0.6 is 0 Å². The van der Waals surface area contributed by atoms with Gasteiger partial charge in [0.25, 0.3) is 0 Å². The molecule has 6 heteroatoms. The number of carboxylic acid groups (broad SMARTS) is 2. The molecule has 0 aliphatic heterocycles. The third-order valence-electron chi connectivity index (χ3n) is 1.88. The standard InChI is InChI=1S/C10H17NO5/c1-6(2)3-4-11-9(10(15)16)7(12)5-8(13)14/h3,7,9,11-12H,4-5H2,1-2H3,(H,13,14)(H,15,16)/t7-,9+/m1/s1. The van der Waals surface area contributed by atoms with Gasteiger partial charge in [0.2, 0.25) is 0 Å². The molecular weight excluding hydrogens is 214 g/mol. The molecular formula is C10H17NO5. The number of nitrogens with one attached hydrogen (secondary N) is 1. The van der Waals surface area contributed by atoms with E-state index in [1.165, 1.54) is 0 Å². The highest BCUT2D eigenvalue weighted by Crippen LogP contribution is 2.00. The molecule has 0 heterocycles. The van der Waals surface area contributed by atoms with E-state index in [4.69, 9.17) is 10.2 Å². The van der Waals surface area contributed by atoms with Gasteiger partial charge in [-0.15, -0.1) is 0 Å². The Kier molecular flexibility index (Phi) is 6.36. The van der Waals surface area contributed by atoms with Gasteiger partial charge >= 0.3 is 11.9 Å². The summed E-state index contributed by atoms with van der Waals surface area (Å²) in [4.78, 5) is 21.1. The van der Waals surface area contributed by atoms with E-state index in [-0.39, 0.29) is 6.54 Å². The Labute approximate surface area is 93.6 Å². The summed E-state index contributed by atoms with van der Waals surface area (Å²) in [5.41, 5.74) is 1.00. The molecule has 92 valence electrons. The first-order chi connectivity index (χ1) is 7.34. The van der Waals surface area contributed by atoms with Crippen molar-refractivity contribution in [1.82, 2.24) is 5.32 Å². The summed E-state index contributed by atoms with van der Waals surface area (Å²) < 4.78 is 0. The number of aliphatic carboxylic acids is 2. The van der Waals surface area contributed by atoms with Crippen molar-refractivity contribution in [2.24, 2.45) is 0 Å². The third-order valence-corrected chi connectivity index (χ3v) is 1.88. The summed E-state index contributed by atoms with van der Waals surface area (Å²) in [5, 5.41) is 29.2. The van der Waals surface area contributed by atoms with Gasteiger partial charge in [0.05, 0.1) is 12.5 Å². The average molecular weight is 231 g/mol. The summed E-state index contributed by atoms with van der Waals surface area (Å²) in [6.07, 6.45) is -0.289. The first kappa shape index (κ1) is 14.6. The van der Waals surface area contributed by atoms with Gasteiger partial charge in [-0.25, -0.2) is 0 Å². The zero-order chi connectivity index (χ0) is 12.7. The maximum atomic E-state index is 10.8. The van der Waals surface area contributed by atoms with Gasteiger partial charge in [-0.2, -0.15) is 0 Å². The SMILES string of the molecule is CC(C)=CCN[C@H](C(=O)O)[C@H](O)CC(=O)O. The van der Waals surface area contributed by atoms with Crippen LogP contribution < -0.4 is 5.32 Å². The van der Waals surface area contributed by atoms with E-state index in [1.54, 1.807) is 6.08 Å². The molecule has 0 bridgehead atoms. The van der Waals surface area contributed by atoms with Crippen molar-refractivity contribution in [3.05, 3.63) is 11.6 Å². The number of allylic oxidation sites excluding steroid dienone is 1. The molecule has 0 fully saturated rings. The normalized spacial score (nSPS) is 13.9. The van der Waals surface area contributed by atoms with Crippen LogP contribution in [0.4, 0.5) is 0 Å². The fourth-order valence-electron chi connectivity index (χ4n) is 1.07. The summed E-state index contributed by atoms with van der Waals surface area (Å²) in [6, 6.07) is -1.27. The number of hydrogen-bond donors (Lipinski definition) is 4. The fourth-order valence-corrected chi connectivity index (χ4v) is 1.07. The summed E-state index contributed by atoms with van der Waals surface area (Å²) in [7, 11) is 0. The lowest BCUT2D eigenvalue weighted by molar-refractivity contribution is -0.145. The Hall–Kier alpha value is -1.40. The Balaban J connectivity index is 4.32. The number of aliphatic hydroxyl groups excluding tert-OH is 1. The van der Waals surface area contributed by atoms with Crippen LogP contribution in [-0.2, 0) is 9.59 Å². The first-order valence-corrected chi connectivity index (χ1v) is 4.84. The predicted molar refractivity (Wildman–Crippen MR) is 57.1 cm³/mol. The van der Waals surface area contributed by atoms with Crippen molar-refractivity contribution in [2.45, 2.75) is 32.4 Å². The van der Waals surface area contributed by atoms with E-state index >= 15 is 0 Å². The van der Waals surface area contributed by atoms with Gasteiger partial charge in [-0.05, 0) is 13.8 Å². The zero-order valence-corrected chi connectivity index (χ0v) is 9.30. The third kappa shape index (κ3) is 6.15. The van der Waals surface area contributed by atoms with Crippen molar-refractivity contribution in [3.8, 4) is 0 Å². The van der Waals surface area contributed by atoms with Crippen LogP contribution in [-0.4, -0.2) is 45.9 Å². The van der Waals surface area contributed by atoms with Crippen LogP contribution in [0.5, 0.6) is 0 Å². The molecule has 0 aromatic heterocycles. The maximum Gasteiger partial charge on any atom is 0.323 e. The van der Waals surface area contributed by atoms with E-state index in [0.717, 1.165) is 5.57 Å². The number of carboxylic acids is 2. The molecule has 0 rings (SSSR count). The molecule has 0 radical (unpaired) electrons. The second-order valence-electron chi connectivity index (χ2n) is 3.67. The Bertz CT molecular complexity index is 283. The van der Waals surface area contributed by atoms with Crippen LogP contribution in [0.15, 0.2) is 11.6 Å². The number of carbonyl (C=O) groups is 2. The topological polar surface area (TPSA) is 107 Å². The number of hydrogen-bond acceptors (Lipinski definition) is 4. The average Bonchev–Trinajstić information content (AvgIpc) is 2.09. The molecule has 4 N–H and O–H groups in total. The molecule has 16 heavy (non-hydrogen) atoms. The van der Waals surface area contributed by atoms with E-state index in [0.29, 0.717) is 0 Å². The molecule has 0 saturated heterocycles. The van der Waals surface area contributed by atoms with Crippen LogP contribution in [0, 0.1) is 0 Å². The molecule has 0 spiro atoms. The molecule has 0 aliphatic rings. The maximum absolute atomic E-state index is 10.8. The minimum Gasteiger partial charge on any atom is -0.481 e. The van der Waals surface area contributed by atoms with Gasteiger partial charge in [-0.1, -0.05) is 11.6 Å². The monoisotopic (exact) mass is 231 g/mol. The molecule has 6 nitrogen and oxygen atoms in total. The lowest BCUT2D eigenvalue weighted by Crippen LogP contribution is -2.47. The van der Waals surface area contributed by atoms with Gasteiger partial charge in [0, 0.05) is 6.54 Å². The van der Waals surface area contributed by atoms with Crippen LogP contribution in [0.25, 0.3) is 0 Å². The van der Waals surface area contributed by atoms with Gasteiger partial charge in [0.1, 0.15) is 6.04 Å². The minimum absolute atomic E-state index is 0.274. The second kappa shape index (κ2) is 6.97. The minimum atomic E-state index is -1.44. The molecule has 0 aromatic rings. The van der Waals surface area contributed by atoms with Crippen molar-refractivity contribution in [2.75, 3.05) is 6.54 Å². The number of rotatable bonds is 7. The van der Waals surface area contributed by atoms with Crippen molar-refractivity contribution < 1.29 is 24.9 Å². The Morgan fingerprint density at radius 3 is 2.25 bits per heavy atom.